The van der Waals surface area contributed by atoms with E-state index in [1.54, 1.807) is 10.9 Å². The Morgan fingerprint density at radius 2 is 2.21 bits per heavy atom. The summed E-state index contributed by atoms with van der Waals surface area (Å²) in [5.41, 5.74) is 1.02. The standard InChI is InChI=1S/C11H18N4O4/c1-7-5-13-15(6-7)4-3-12-11(19)14-9(8(2)16)10(17)18/h5-6,8-9,16H,3-4H2,1-2H3,(H,17,18)(H2,12,14,19)/t8-,9+/m1/s1. The van der Waals surface area contributed by atoms with Crippen LogP contribution in [0.5, 0.6) is 0 Å². The van der Waals surface area contributed by atoms with Crippen molar-refractivity contribution in [3.05, 3.63) is 18.0 Å². The van der Waals surface area contributed by atoms with Gasteiger partial charge in [0.25, 0.3) is 0 Å². The first kappa shape index (κ1) is 15.0. The summed E-state index contributed by atoms with van der Waals surface area (Å²) in [6.07, 6.45) is 2.36. The molecule has 1 aromatic heterocycles. The minimum atomic E-state index is -1.33. The van der Waals surface area contributed by atoms with E-state index in [1.165, 1.54) is 6.92 Å². The average molecular weight is 270 g/mol. The van der Waals surface area contributed by atoms with Gasteiger partial charge in [-0.3, -0.25) is 4.68 Å². The quantitative estimate of drug-likeness (QED) is 0.546. The van der Waals surface area contributed by atoms with Gasteiger partial charge in [0, 0.05) is 12.7 Å². The molecular weight excluding hydrogens is 252 g/mol. The highest BCUT2D eigenvalue weighted by molar-refractivity contribution is 5.82. The number of amides is 2. The number of aryl methyl sites for hydroxylation is 1. The number of aliphatic carboxylic acids is 1. The molecule has 8 heteroatoms. The van der Waals surface area contributed by atoms with E-state index in [4.69, 9.17) is 5.11 Å². The van der Waals surface area contributed by atoms with E-state index in [0.717, 1.165) is 5.56 Å². The Bertz CT molecular complexity index is 444. The van der Waals surface area contributed by atoms with Crippen LogP contribution in [0.1, 0.15) is 12.5 Å². The molecule has 1 aromatic rings. The first-order chi connectivity index (χ1) is 8.90. The SMILES string of the molecule is Cc1cnn(CCNC(=O)N[C@H](C(=O)O)[C@@H](C)O)c1. The van der Waals surface area contributed by atoms with Gasteiger partial charge >= 0.3 is 12.0 Å². The molecule has 2 amide bonds. The summed E-state index contributed by atoms with van der Waals surface area (Å²) in [5.74, 6) is -1.28. The Morgan fingerprint density at radius 3 is 2.68 bits per heavy atom. The molecule has 0 unspecified atom stereocenters. The minimum Gasteiger partial charge on any atom is -0.480 e. The lowest BCUT2D eigenvalue weighted by molar-refractivity contribution is -0.141. The lowest BCUT2D eigenvalue weighted by atomic mass is 10.2. The summed E-state index contributed by atoms with van der Waals surface area (Å²) in [6, 6.07) is -1.97. The number of aliphatic hydroxyl groups is 1. The molecule has 0 saturated carbocycles. The van der Waals surface area contributed by atoms with E-state index >= 15 is 0 Å². The number of rotatable bonds is 6. The Labute approximate surface area is 110 Å². The highest BCUT2D eigenvalue weighted by atomic mass is 16.4. The van der Waals surface area contributed by atoms with Crippen molar-refractivity contribution in [2.45, 2.75) is 32.5 Å². The van der Waals surface area contributed by atoms with Gasteiger partial charge in [-0.15, -0.1) is 0 Å². The van der Waals surface area contributed by atoms with Crippen molar-refractivity contribution in [1.82, 2.24) is 20.4 Å². The Hall–Kier alpha value is -2.09. The van der Waals surface area contributed by atoms with Crippen LogP contribution in [0.25, 0.3) is 0 Å². The molecule has 8 nitrogen and oxygen atoms in total. The number of hydrogen-bond donors (Lipinski definition) is 4. The number of carbonyl (C=O) groups is 2. The van der Waals surface area contributed by atoms with Gasteiger partial charge < -0.3 is 20.8 Å². The van der Waals surface area contributed by atoms with Crippen LogP contribution < -0.4 is 10.6 Å². The van der Waals surface area contributed by atoms with E-state index in [2.05, 4.69) is 15.7 Å². The van der Waals surface area contributed by atoms with Gasteiger partial charge in [-0.1, -0.05) is 0 Å². The van der Waals surface area contributed by atoms with Crippen LogP contribution in [0.4, 0.5) is 4.79 Å². The van der Waals surface area contributed by atoms with E-state index < -0.39 is 24.1 Å². The Morgan fingerprint density at radius 1 is 1.53 bits per heavy atom. The molecule has 0 spiro atoms. The fourth-order valence-electron chi connectivity index (χ4n) is 1.45. The second-order valence-electron chi connectivity index (χ2n) is 4.24. The van der Waals surface area contributed by atoms with Crippen molar-refractivity contribution in [3.63, 3.8) is 0 Å². The van der Waals surface area contributed by atoms with Crippen LogP contribution in [0, 0.1) is 6.92 Å². The highest BCUT2D eigenvalue weighted by Gasteiger charge is 2.24. The third-order valence-electron chi connectivity index (χ3n) is 2.42. The van der Waals surface area contributed by atoms with E-state index in [0.29, 0.717) is 13.1 Å². The fourth-order valence-corrected chi connectivity index (χ4v) is 1.45. The summed E-state index contributed by atoms with van der Waals surface area (Å²) in [5, 5.41) is 26.7. The second kappa shape index (κ2) is 6.74. The number of nitrogens with zero attached hydrogens (tertiary/aromatic N) is 2. The molecule has 0 saturated heterocycles. The summed E-state index contributed by atoms with van der Waals surface area (Å²) in [6.45, 7) is 3.99. The van der Waals surface area contributed by atoms with Crippen molar-refractivity contribution >= 4 is 12.0 Å². The number of carboxylic acids is 1. The normalized spacial score (nSPS) is 13.6. The zero-order chi connectivity index (χ0) is 14.4. The molecule has 0 aliphatic carbocycles. The number of urea groups is 1. The maximum Gasteiger partial charge on any atom is 0.328 e. The van der Waals surface area contributed by atoms with Gasteiger partial charge in [-0.25, -0.2) is 9.59 Å². The lowest BCUT2D eigenvalue weighted by Gasteiger charge is -2.17. The zero-order valence-electron chi connectivity index (χ0n) is 10.8. The monoisotopic (exact) mass is 270 g/mol. The lowest BCUT2D eigenvalue weighted by Crippen LogP contribution is -2.51. The van der Waals surface area contributed by atoms with Crippen LogP contribution in [-0.4, -0.2) is 50.7 Å². The van der Waals surface area contributed by atoms with E-state index in [-0.39, 0.29) is 0 Å². The van der Waals surface area contributed by atoms with Gasteiger partial charge in [0.1, 0.15) is 0 Å². The van der Waals surface area contributed by atoms with Crippen LogP contribution in [0.2, 0.25) is 0 Å². The molecule has 106 valence electrons. The predicted molar refractivity (Wildman–Crippen MR) is 66.6 cm³/mol. The first-order valence-electron chi connectivity index (χ1n) is 5.84. The number of aliphatic hydroxyl groups excluding tert-OH is 1. The van der Waals surface area contributed by atoms with E-state index in [1.807, 2.05) is 13.1 Å². The molecule has 0 aromatic carbocycles. The minimum absolute atomic E-state index is 0.305. The zero-order valence-corrected chi connectivity index (χ0v) is 10.8. The molecule has 2 atom stereocenters. The Kier molecular flexibility index (Phi) is 5.31. The van der Waals surface area contributed by atoms with Crippen molar-refractivity contribution in [3.8, 4) is 0 Å². The number of hydrogen-bond acceptors (Lipinski definition) is 4. The summed E-state index contributed by atoms with van der Waals surface area (Å²) < 4.78 is 1.67. The van der Waals surface area contributed by atoms with Crippen LogP contribution in [-0.2, 0) is 11.3 Å². The summed E-state index contributed by atoms with van der Waals surface area (Å²) in [4.78, 5) is 22.2. The number of aromatic nitrogens is 2. The molecule has 1 heterocycles. The molecule has 0 fully saturated rings. The van der Waals surface area contributed by atoms with Gasteiger partial charge in [0.05, 0.1) is 18.8 Å². The maximum absolute atomic E-state index is 11.4. The maximum atomic E-state index is 11.4. The van der Waals surface area contributed by atoms with Gasteiger partial charge in [-0.2, -0.15) is 5.10 Å². The third-order valence-corrected chi connectivity index (χ3v) is 2.42. The van der Waals surface area contributed by atoms with Gasteiger partial charge in [-0.05, 0) is 19.4 Å². The number of carbonyl (C=O) groups excluding carboxylic acids is 1. The van der Waals surface area contributed by atoms with Crippen molar-refractivity contribution in [2.24, 2.45) is 0 Å². The second-order valence-corrected chi connectivity index (χ2v) is 4.24. The topological polar surface area (TPSA) is 116 Å². The highest BCUT2D eigenvalue weighted by Crippen LogP contribution is 1.94. The van der Waals surface area contributed by atoms with Crippen molar-refractivity contribution < 1.29 is 19.8 Å². The molecule has 0 radical (unpaired) electrons. The number of nitrogens with one attached hydrogen (secondary N) is 2. The molecule has 1 rings (SSSR count). The summed E-state index contributed by atoms with van der Waals surface area (Å²) >= 11 is 0. The largest absolute Gasteiger partial charge is 0.480 e. The van der Waals surface area contributed by atoms with Crippen LogP contribution >= 0.6 is 0 Å². The molecular formula is C11H18N4O4. The molecule has 0 bridgehead atoms. The van der Waals surface area contributed by atoms with Crippen LogP contribution in [0.15, 0.2) is 12.4 Å². The molecule has 19 heavy (non-hydrogen) atoms. The van der Waals surface area contributed by atoms with E-state index in [9.17, 15) is 14.7 Å². The molecule has 0 aliphatic heterocycles. The summed E-state index contributed by atoms with van der Waals surface area (Å²) in [7, 11) is 0. The first-order valence-corrected chi connectivity index (χ1v) is 5.84. The average Bonchev–Trinajstić information content (AvgIpc) is 2.71. The van der Waals surface area contributed by atoms with Crippen molar-refractivity contribution in [1.29, 1.82) is 0 Å². The number of carboxylic acid groups (broad SMARTS) is 1. The predicted octanol–water partition coefficient (Wildman–Crippen LogP) is -0.675. The smallest absolute Gasteiger partial charge is 0.328 e. The van der Waals surface area contributed by atoms with Gasteiger partial charge in [0.2, 0.25) is 0 Å². The van der Waals surface area contributed by atoms with Crippen molar-refractivity contribution in [2.75, 3.05) is 6.54 Å². The van der Waals surface area contributed by atoms with Crippen LogP contribution in [0.3, 0.4) is 0 Å². The molecule has 4 N–H and O–H groups in total. The molecule has 0 aliphatic rings. The third kappa shape index (κ3) is 4.96. The fraction of sp³-hybridized carbons (Fsp3) is 0.545. The van der Waals surface area contributed by atoms with Gasteiger partial charge in [0.15, 0.2) is 6.04 Å². The Balaban J connectivity index is 2.33.